The highest BCUT2D eigenvalue weighted by molar-refractivity contribution is 9.10. The number of ketones is 1. The standard InChI is InChI=1S/C16H13BrN2O3/c17-11-5-3-10(4-6-11)14(20)8-12(13(9-18)16(19)21)15-2-1-7-22-15/h1-7,12-13H,8H2,(H2,19,21). The maximum absolute atomic E-state index is 12.4. The Labute approximate surface area is 135 Å². The molecule has 0 saturated carbocycles. The Morgan fingerprint density at radius 2 is 1.95 bits per heavy atom. The summed E-state index contributed by atoms with van der Waals surface area (Å²) >= 11 is 3.30. The molecular weight excluding hydrogens is 348 g/mol. The van der Waals surface area contributed by atoms with Crippen LogP contribution in [0.1, 0.15) is 28.5 Å². The molecule has 2 atom stereocenters. The fraction of sp³-hybridized carbons (Fsp3) is 0.188. The number of benzene rings is 1. The van der Waals surface area contributed by atoms with Crippen molar-refractivity contribution < 1.29 is 14.0 Å². The Morgan fingerprint density at radius 1 is 1.27 bits per heavy atom. The fourth-order valence-electron chi connectivity index (χ4n) is 2.19. The molecule has 0 aliphatic rings. The molecule has 22 heavy (non-hydrogen) atoms. The second kappa shape index (κ2) is 7.05. The van der Waals surface area contributed by atoms with Crippen molar-refractivity contribution >= 4 is 27.6 Å². The molecule has 0 radical (unpaired) electrons. The van der Waals surface area contributed by atoms with Crippen molar-refractivity contribution in [1.82, 2.24) is 0 Å². The number of nitrogens with two attached hydrogens (primary N) is 1. The first-order valence-corrected chi connectivity index (χ1v) is 7.33. The number of amides is 1. The van der Waals surface area contributed by atoms with E-state index in [1.54, 1.807) is 36.4 Å². The summed E-state index contributed by atoms with van der Waals surface area (Å²) in [6.07, 6.45) is 1.40. The molecule has 1 aromatic heterocycles. The zero-order valence-corrected chi connectivity index (χ0v) is 13.1. The van der Waals surface area contributed by atoms with E-state index >= 15 is 0 Å². The number of furan rings is 1. The van der Waals surface area contributed by atoms with E-state index in [-0.39, 0.29) is 12.2 Å². The molecule has 0 aliphatic carbocycles. The minimum atomic E-state index is -1.12. The van der Waals surface area contributed by atoms with Crippen LogP contribution in [0.3, 0.4) is 0 Å². The highest BCUT2D eigenvalue weighted by Gasteiger charge is 2.32. The van der Waals surface area contributed by atoms with Gasteiger partial charge < -0.3 is 10.2 Å². The van der Waals surface area contributed by atoms with E-state index in [9.17, 15) is 14.9 Å². The molecule has 0 fully saturated rings. The van der Waals surface area contributed by atoms with E-state index in [1.807, 2.05) is 6.07 Å². The third-order valence-corrected chi connectivity index (χ3v) is 3.86. The summed E-state index contributed by atoms with van der Waals surface area (Å²) in [5.41, 5.74) is 5.77. The van der Waals surface area contributed by atoms with E-state index in [2.05, 4.69) is 15.9 Å². The lowest BCUT2D eigenvalue weighted by atomic mass is 9.85. The number of Topliss-reactive ketones (excluding diaryl/α,β-unsaturated/α-hetero) is 1. The van der Waals surface area contributed by atoms with Gasteiger partial charge in [-0.2, -0.15) is 5.26 Å². The van der Waals surface area contributed by atoms with Gasteiger partial charge in [0.1, 0.15) is 11.7 Å². The SMILES string of the molecule is N#CC(C(N)=O)C(CC(=O)c1ccc(Br)cc1)c1ccco1. The number of halogens is 1. The Balaban J connectivity index is 2.27. The Bertz CT molecular complexity index is 702. The smallest absolute Gasteiger partial charge is 0.235 e. The highest BCUT2D eigenvalue weighted by atomic mass is 79.9. The number of hydrogen-bond acceptors (Lipinski definition) is 4. The highest BCUT2D eigenvalue weighted by Crippen LogP contribution is 2.30. The summed E-state index contributed by atoms with van der Waals surface area (Å²) in [6, 6.07) is 12.0. The lowest BCUT2D eigenvalue weighted by Crippen LogP contribution is -2.29. The van der Waals surface area contributed by atoms with Gasteiger partial charge in [0.05, 0.1) is 12.3 Å². The summed E-state index contributed by atoms with van der Waals surface area (Å²) in [5, 5.41) is 9.18. The molecule has 0 saturated heterocycles. The predicted molar refractivity (Wildman–Crippen MR) is 82.8 cm³/mol. The molecule has 1 heterocycles. The van der Waals surface area contributed by atoms with Crippen LogP contribution in [-0.4, -0.2) is 11.7 Å². The van der Waals surface area contributed by atoms with Gasteiger partial charge in [-0.25, -0.2) is 0 Å². The van der Waals surface area contributed by atoms with Crippen LogP contribution in [0.5, 0.6) is 0 Å². The summed E-state index contributed by atoms with van der Waals surface area (Å²) in [6.45, 7) is 0. The van der Waals surface area contributed by atoms with Crippen LogP contribution in [-0.2, 0) is 4.79 Å². The maximum Gasteiger partial charge on any atom is 0.235 e. The van der Waals surface area contributed by atoms with E-state index in [0.29, 0.717) is 11.3 Å². The normalized spacial score (nSPS) is 13.1. The van der Waals surface area contributed by atoms with E-state index in [0.717, 1.165) is 4.47 Å². The summed E-state index contributed by atoms with van der Waals surface area (Å²) in [4.78, 5) is 23.9. The monoisotopic (exact) mass is 360 g/mol. The van der Waals surface area contributed by atoms with Gasteiger partial charge in [-0.05, 0) is 24.3 Å². The van der Waals surface area contributed by atoms with Gasteiger partial charge >= 0.3 is 0 Å². The Hall–Kier alpha value is -2.39. The van der Waals surface area contributed by atoms with Crippen molar-refractivity contribution in [2.24, 2.45) is 11.7 Å². The average Bonchev–Trinajstić information content (AvgIpc) is 3.01. The Morgan fingerprint density at radius 3 is 2.45 bits per heavy atom. The van der Waals surface area contributed by atoms with Crippen molar-refractivity contribution in [3.05, 3.63) is 58.5 Å². The third-order valence-electron chi connectivity index (χ3n) is 3.33. The third kappa shape index (κ3) is 3.62. The first-order chi connectivity index (χ1) is 10.5. The van der Waals surface area contributed by atoms with Crippen LogP contribution in [0.25, 0.3) is 0 Å². The second-order valence-electron chi connectivity index (χ2n) is 4.77. The molecule has 2 unspecified atom stereocenters. The maximum atomic E-state index is 12.4. The number of hydrogen-bond donors (Lipinski definition) is 1. The molecule has 2 rings (SSSR count). The first kappa shape index (κ1) is 16.0. The summed E-state index contributed by atoms with van der Waals surface area (Å²) in [5.74, 6) is -2.38. The number of carbonyl (C=O) groups is 2. The fourth-order valence-corrected chi connectivity index (χ4v) is 2.45. The van der Waals surface area contributed by atoms with Gasteiger partial charge in [0.2, 0.25) is 5.91 Å². The molecule has 0 aliphatic heterocycles. The molecular formula is C16H13BrN2O3. The van der Waals surface area contributed by atoms with Gasteiger partial charge in [0, 0.05) is 22.4 Å². The van der Waals surface area contributed by atoms with E-state index in [1.165, 1.54) is 6.26 Å². The number of nitriles is 1. The Kier molecular flexibility index (Phi) is 5.12. The topological polar surface area (TPSA) is 97.1 Å². The minimum Gasteiger partial charge on any atom is -0.469 e. The first-order valence-electron chi connectivity index (χ1n) is 6.54. The van der Waals surface area contributed by atoms with Crippen LogP contribution in [0.15, 0.2) is 51.6 Å². The molecule has 0 spiro atoms. The van der Waals surface area contributed by atoms with E-state index in [4.69, 9.17) is 10.2 Å². The molecule has 2 N–H and O–H groups in total. The van der Waals surface area contributed by atoms with Crippen LogP contribution in [0.4, 0.5) is 0 Å². The van der Waals surface area contributed by atoms with Crippen molar-refractivity contribution in [2.45, 2.75) is 12.3 Å². The number of carbonyl (C=O) groups excluding carboxylic acids is 2. The van der Waals surface area contributed by atoms with Crippen LogP contribution >= 0.6 is 15.9 Å². The van der Waals surface area contributed by atoms with Gasteiger partial charge in [0.25, 0.3) is 0 Å². The van der Waals surface area contributed by atoms with Crippen LogP contribution in [0, 0.1) is 17.2 Å². The molecule has 112 valence electrons. The zero-order chi connectivity index (χ0) is 16.1. The average molecular weight is 361 g/mol. The molecule has 5 nitrogen and oxygen atoms in total. The van der Waals surface area contributed by atoms with Crippen molar-refractivity contribution in [2.75, 3.05) is 0 Å². The lowest BCUT2D eigenvalue weighted by Gasteiger charge is -2.17. The lowest BCUT2D eigenvalue weighted by molar-refractivity contribution is -0.120. The van der Waals surface area contributed by atoms with E-state index < -0.39 is 17.7 Å². The summed E-state index contributed by atoms with van der Waals surface area (Å²) < 4.78 is 6.13. The van der Waals surface area contributed by atoms with Crippen LogP contribution < -0.4 is 5.73 Å². The number of rotatable bonds is 6. The summed E-state index contributed by atoms with van der Waals surface area (Å²) in [7, 11) is 0. The molecule has 2 aromatic rings. The zero-order valence-electron chi connectivity index (χ0n) is 11.5. The second-order valence-corrected chi connectivity index (χ2v) is 5.68. The van der Waals surface area contributed by atoms with Crippen LogP contribution in [0.2, 0.25) is 0 Å². The number of nitrogens with zero attached hydrogens (tertiary/aromatic N) is 1. The van der Waals surface area contributed by atoms with Crippen molar-refractivity contribution in [3.63, 3.8) is 0 Å². The van der Waals surface area contributed by atoms with Gasteiger partial charge in [0.15, 0.2) is 5.78 Å². The largest absolute Gasteiger partial charge is 0.469 e. The van der Waals surface area contributed by atoms with Gasteiger partial charge in [-0.1, -0.05) is 28.1 Å². The molecule has 1 amide bonds. The molecule has 1 aromatic carbocycles. The van der Waals surface area contributed by atoms with Gasteiger partial charge in [-0.3, -0.25) is 9.59 Å². The molecule has 0 bridgehead atoms. The molecule has 6 heteroatoms. The van der Waals surface area contributed by atoms with Gasteiger partial charge in [-0.15, -0.1) is 0 Å². The van der Waals surface area contributed by atoms with Crippen molar-refractivity contribution in [1.29, 1.82) is 5.26 Å². The van der Waals surface area contributed by atoms with Crippen molar-refractivity contribution in [3.8, 4) is 6.07 Å². The predicted octanol–water partition coefficient (Wildman–Crippen LogP) is 3.02. The number of primary amides is 1. The minimum absolute atomic E-state index is 0.0314. The quantitative estimate of drug-likeness (QED) is 0.800.